The van der Waals surface area contributed by atoms with Crippen LogP contribution in [-0.4, -0.2) is 56.1 Å². The van der Waals surface area contributed by atoms with Crippen molar-refractivity contribution in [3.05, 3.63) is 94.4 Å². The van der Waals surface area contributed by atoms with E-state index in [0.717, 1.165) is 28.2 Å². The third kappa shape index (κ3) is 5.43. The molecule has 0 unspecified atom stereocenters. The van der Waals surface area contributed by atoms with Crippen LogP contribution in [0.4, 0.5) is 0 Å². The Hall–Kier alpha value is -4.73. The molecular formula is C27H27N7O3. The highest BCUT2D eigenvalue weighted by molar-refractivity contribution is 5.97. The van der Waals surface area contributed by atoms with Crippen molar-refractivity contribution in [3.63, 3.8) is 0 Å². The fourth-order valence-electron chi connectivity index (χ4n) is 4.22. The molecule has 4 N–H and O–H groups in total. The van der Waals surface area contributed by atoms with Crippen LogP contribution in [0.5, 0.6) is 0 Å². The largest absolute Gasteiger partial charge is 0.350 e. The molecule has 5 rings (SSSR count). The van der Waals surface area contributed by atoms with Crippen molar-refractivity contribution >= 4 is 17.7 Å². The lowest BCUT2D eigenvalue weighted by Gasteiger charge is -2.16. The fourth-order valence-corrected chi connectivity index (χ4v) is 4.22. The summed E-state index contributed by atoms with van der Waals surface area (Å²) < 4.78 is 0. The molecule has 37 heavy (non-hydrogen) atoms. The second-order valence-electron chi connectivity index (χ2n) is 8.98. The second kappa shape index (κ2) is 10.5. The van der Waals surface area contributed by atoms with Crippen LogP contribution in [0.25, 0.3) is 11.3 Å². The van der Waals surface area contributed by atoms with Gasteiger partial charge in [0.25, 0.3) is 11.8 Å². The van der Waals surface area contributed by atoms with Gasteiger partial charge in [0.05, 0.1) is 31.0 Å². The first-order chi connectivity index (χ1) is 18.0. The Kier molecular flexibility index (Phi) is 6.80. The van der Waals surface area contributed by atoms with Gasteiger partial charge in [-0.15, -0.1) is 0 Å². The molecule has 0 fully saturated rings. The number of benzene rings is 2. The number of rotatable bonds is 8. The molecule has 0 atom stereocenters. The number of aromatic amines is 2. The minimum atomic E-state index is -0.305. The number of aromatic nitrogens is 4. The monoisotopic (exact) mass is 497 g/mol. The first kappa shape index (κ1) is 24.0. The quantitative estimate of drug-likeness (QED) is 0.296. The molecule has 1 aliphatic heterocycles. The summed E-state index contributed by atoms with van der Waals surface area (Å²) in [6.45, 7) is 2.79. The van der Waals surface area contributed by atoms with Crippen molar-refractivity contribution in [3.8, 4) is 11.3 Å². The topological polar surface area (TPSA) is 136 Å². The lowest BCUT2D eigenvalue weighted by molar-refractivity contribution is -0.130. The van der Waals surface area contributed by atoms with Crippen molar-refractivity contribution < 1.29 is 14.4 Å². The van der Waals surface area contributed by atoms with E-state index in [1.165, 1.54) is 0 Å². The average Bonchev–Trinajstić information content (AvgIpc) is 3.64. The zero-order valence-corrected chi connectivity index (χ0v) is 20.4. The van der Waals surface area contributed by atoms with E-state index in [9.17, 15) is 14.4 Å². The fraction of sp³-hybridized carbons (Fsp3) is 0.222. The van der Waals surface area contributed by atoms with Crippen LogP contribution in [0.3, 0.4) is 0 Å². The molecule has 3 heterocycles. The summed E-state index contributed by atoms with van der Waals surface area (Å²) in [7, 11) is 0. The van der Waals surface area contributed by atoms with Gasteiger partial charge in [-0.05, 0) is 25.1 Å². The first-order valence-corrected chi connectivity index (χ1v) is 12.0. The maximum absolute atomic E-state index is 12.8. The van der Waals surface area contributed by atoms with Gasteiger partial charge in [-0.1, -0.05) is 48.0 Å². The molecule has 0 radical (unpaired) electrons. The molecule has 0 bridgehead atoms. The number of carbonyl (C=O) groups is 3. The third-order valence-corrected chi connectivity index (χ3v) is 6.31. The van der Waals surface area contributed by atoms with Crippen LogP contribution in [0.1, 0.15) is 43.4 Å². The predicted molar refractivity (Wildman–Crippen MR) is 136 cm³/mol. The van der Waals surface area contributed by atoms with Gasteiger partial charge < -0.3 is 15.5 Å². The van der Waals surface area contributed by atoms with Gasteiger partial charge in [-0.3, -0.25) is 24.6 Å². The Morgan fingerprint density at radius 1 is 0.919 bits per heavy atom. The minimum absolute atomic E-state index is 0.124. The van der Waals surface area contributed by atoms with Gasteiger partial charge in [0.2, 0.25) is 5.91 Å². The molecule has 188 valence electrons. The highest BCUT2D eigenvalue weighted by Gasteiger charge is 2.30. The van der Waals surface area contributed by atoms with Crippen LogP contribution >= 0.6 is 0 Å². The van der Waals surface area contributed by atoms with Crippen molar-refractivity contribution in [2.75, 3.05) is 13.1 Å². The summed E-state index contributed by atoms with van der Waals surface area (Å²) in [5.74, 6) is -0.840. The normalized spacial score (nSPS) is 12.3. The summed E-state index contributed by atoms with van der Waals surface area (Å²) in [4.78, 5) is 39.4. The van der Waals surface area contributed by atoms with E-state index >= 15 is 0 Å². The molecule has 2 aromatic carbocycles. The molecule has 0 saturated carbocycles. The number of nitrogens with zero attached hydrogens (tertiary/aromatic N) is 3. The molecule has 10 heteroatoms. The average molecular weight is 498 g/mol. The number of aryl methyl sites for hydroxylation is 1. The van der Waals surface area contributed by atoms with Crippen molar-refractivity contribution in [1.82, 2.24) is 35.9 Å². The number of carbonyl (C=O) groups excluding carboxylic acids is 3. The maximum atomic E-state index is 12.8. The van der Waals surface area contributed by atoms with E-state index in [0.29, 0.717) is 30.6 Å². The SMILES string of the molecule is Cc1ccc(C(=O)NCC(=O)N2Cc3[nH]nc(C(=O)NCCc4cc(-c5ccccc5)n[nH]4)c3C2)cc1. The molecule has 0 aliphatic carbocycles. The molecular weight excluding hydrogens is 470 g/mol. The van der Waals surface area contributed by atoms with Gasteiger partial charge in [0.15, 0.2) is 5.69 Å². The standard InChI is InChI=1S/C27H27N7O3/c1-17-7-9-19(10-8-17)26(36)29-14-24(35)34-15-21-23(16-34)32-33-25(21)27(37)28-12-11-20-13-22(31-30-20)18-5-3-2-4-6-18/h2-10,13H,11-12,14-16H2,1H3,(H,28,37)(H,29,36)(H,30,31)(H,32,33). The van der Waals surface area contributed by atoms with Crippen LogP contribution in [0, 0.1) is 6.92 Å². The highest BCUT2D eigenvalue weighted by Crippen LogP contribution is 2.24. The van der Waals surface area contributed by atoms with Crippen LogP contribution < -0.4 is 10.6 Å². The highest BCUT2D eigenvalue weighted by atomic mass is 16.2. The number of fused-ring (bicyclic) bond motifs is 1. The predicted octanol–water partition coefficient (Wildman–Crippen LogP) is 2.35. The molecule has 3 amide bonds. The molecule has 10 nitrogen and oxygen atoms in total. The minimum Gasteiger partial charge on any atom is -0.350 e. The number of H-pyrrole nitrogens is 2. The zero-order valence-electron chi connectivity index (χ0n) is 20.4. The Labute approximate surface area is 213 Å². The Balaban J connectivity index is 1.11. The maximum Gasteiger partial charge on any atom is 0.272 e. The van der Waals surface area contributed by atoms with E-state index in [1.54, 1.807) is 17.0 Å². The summed E-state index contributed by atoms with van der Waals surface area (Å²) in [6.07, 6.45) is 0.587. The summed E-state index contributed by atoms with van der Waals surface area (Å²) in [5, 5.41) is 19.9. The lowest BCUT2D eigenvalue weighted by Crippen LogP contribution is -2.37. The molecule has 0 saturated heterocycles. The van der Waals surface area contributed by atoms with E-state index in [2.05, 4.69) is 31.0 Å². The Bertz CT molecular complexity index is 1420. The van der Waals surface area contributed by atoms with Crippen molar-refractivity contribution in [1.29, 1.82) is 0 Å². The van der Waals surface area contributed by atoms with Crippen molar-refractivity contribution in [2.24, 2.45) is 0 Å². The number of hydrogen-bond donors (Lipinski definition) is 4. The van der Waals surface area contributed by atoms with Gasteiger partial charge in [-0.2, -0.15) is 10.2 Å². The number of hydrogen-bond acceptors (Lipinski definition) is 5. The lowest BCUT2D eigenvalue weighted by atomic mass is 10.1. The van der Waals surface area contributed by atoms with Crippen LogP contribution in [0.2, 0.25) is 0 Å². The number of amides is 3. The van der Waals surface area contributed by atoms with Gasteiger partial charge in [0.1, 0.15) is 0 Å². The summed E-state index contributed by atoms with van der Waals surface area (Å²) >= 11 is 0. The van der Waals surface area contributed by atoms with E-state index in [-0.39, 0.29) is 36.5 Å². The van der Waals surface area contributed by atoms with Gasteiger partial charge >= 0.3 is 0 Å². The van der Waals surface area contributed by atoms with Gasteiger partial charge in [-0.25, -0.2) is 0 Å². The van der Waals surface area contributed by atoms with E-state index in [1.807, 2.05) is 55.5 Å². The molecule has 2 aromatic heterocycles. The molecule has 0 spiro atoms. The van der Waals surface area contributed by atoms with E-state index < -0.39 is 0 Å². The summed E-state index contributed by atoms with van der Waals surface area (Å²) in [6, 6.07) is 19.0. The van der Waals surface area contributed by atoms with Crippen molar-refractivity contribution in [2.45, 2.75) is 26.4 Å². The van der Waals surface area contributed by atoms with E-state index in [4.69, 9.17) is 0 Å². The third-order valence-electron chi connectivity index (χ3n) is 6.31. The molecule has 1 aliphatic rings. The number of nitrogens with one attached hydrogen (secondary N) is 4. The van der Waals surface area contributed by atoms with Crippen LogP contribution in [0.15, 0.2) is 60.7 Å². The smallest absolute Gasteiger partial charge is 0.272 e. The zero-order chi connectivity index (χ0) is 25.8. The second-order valence-corrected chi connectivity index (χ2v) is 8.98. The van der Waals surface area contributed by atoms with Gasteiger partial charge in [0, 0.05) is 35.3 Å². The first-order valence-electron chi connectivity index (χ1n) is 12.0. The Morgan fingerprint density at radius 2 is 1.70 bits per heavy atom. The van der Waals surface area contributed by atoms with Crippen LogP contribution in [-0.2, 0) is 24.3 Å². The summed E-state index contributed by atoms with van der Waals surface area (Å²) in [5.41, 5.74) is 6.05. The molecule has 4 aromatic rings. The Morgan fingerprint density at radius 3 is 2.49 bits per heavy atom.